The van der Waals surface area contributed by atoms with Crippen molar-refractivity contribution in [3.05, 3.63) is 194 Å². The number of hydrogen-bond donors (Lipinski definition) is 0. The predicted molar refractivity (Wildman–Crippen MR) is 230 cm³/mol. The third-order valence-electron chi connectivity index (χ3n) is 11.3. The van der Waals surface area contributed by atoms with Gasteiger partial charge in [0.2, 0.25) is 0 Å². The summed E-state index contributed by atoms with van der Waals surface area (Å²) in [5.74, 6) is 0. The first-order valence-electron chi connectivity index (χ1n) is 18.7. The van der Waals surface area contributed by atoms with E-state index >= 15 is 0 Å². The van der Waals surface area contributed by atoms with Crippen LogP contribution in [0.15, 0.2) is 192 Å². The zero-order valence-corrected chi connectivity index (χ0v) is 29.8. The van der Waals surface area contributed by atoms with Crippen LogP contribution in [0.5, 0.6) is 0 Å². The van der Waals surface area contributed by atoms with Crippen LogP contribution in [0.25, 0.3) is 110 Å². The summed E-state index contributed by atoms with van der Waals surface area (Å²) < 4.78 is 7.02. The van der Waals surface area contributed by atoms with Crippen LogP contribution in [0.2, 0.25) is 0 Å². The lowest BCUT2D eigenvalue weighted by atomic mass is 9.84. The molecule has 0 unspecified atom stereocenters. The highest BCUT2D eigenvalue weighted by Crippen LogP contribution is 2.50. The topological polar surface area (TPSA) is 36.9 Å². The largest absolute Gasteiger partial charge is 0.455 e. The molecule has 0 atom stereocenters. The minimum absolute atomic E-state index is 0.661. The average Bonchev–Trinajstić information content (AvgIpc) is 3.65. The fourth-order valence-corrected chi connectivity index (χ4v) is 9.09. The quantitative estimate of drug-likeness (QED) is 0.172. The zero-order chi connectivity index (χ0) is 36.5. The first kappa shape index (κ1) is 31.1. The lowest BCUT2D eigenvalue weighted by molar-refractivity contribution is 0.670. The Kier molecular flexibility index (Phi) is 6.96. The molecule has 10 aromatic carbocycles. The second kappa shape index (κ2) is 12.3. The van der Waals surface area contributed by atoms with Gasteiger partial charge in [0, 0.05) is 27.5 Å². The Morgan fingerprint density at radius 3 is 1.29 bits per heavy atom. The van der Waals surface area contributed by atoms with Gasteiger partial charge in [0.15, 0.2) is 0 Å². The van der Waals surface area contributed by atoms with E-state index in [0.29, 0.717) is 5.56 Å². The summed E-state index contributed by atoms with van der Waals surface area (Å²) >= 11 is 0. The van der Waals surface area contributed by atoms with Gasteiger partial charge in [-0.2, -0.15) is 5.26 Å². The van der Waals surface area contributed by atoms with Crippen molar-refractivity contribution < 1.29 is 4.42 Å². The van der Waals surface area contributed by atoms with Crippen molar-refractivity contribution in [1.82, 2.24) is 0 Å². The van der Waals surface area contributed by atoms with E-state index in [1.807, 2.05) is 18.2 Å². The van der Waals surface area contributed by atoms with Gasteiger partial charge < -0.3 is 4.42 Å². The van der Waals surface area contributed by atoms with E-state index in [9.17, 15) is 5.26 Å². The third-order valence-corrected chi connectivity index (χ3v) is 11.3. The third kappa shape index (κ3) is 4.61. The number of furan rings is 1. The Morgan fingerprint density at radius 2 is 0.727 bits per heavy atom. The minimum atomic E-state index is 0.661. The summed E-state index contributed by atoms with van der Waals surface area (Å²) in [6.45, 7) is 0. The standard InChI is InChI=1S/C53H31NO/c54-32-34-18-4-5-19-35(34)49-40-24-10-12-26-42(40)51(43-27-13-11-25-41(43)49)45-29-14-30-46-52-44(28-15-31-47(52)55-53(45)46)50-38-22-8-6-20-36(38)48(33-16-2-1-3-17-33)37-21-7-9-23-39(37)50/h1-31H. The maximum atomic E-state index is 10.2. The molecule has 2 nitrogen and oxygen atoms in total. The monoisotopic (exact) mass is 697 g/mol. The molecule has 1 aromatic heterocycles. The Labute approximate surface area is 317 Å². The van der Waals surface area contributed by atoms with Crippen LogP contribution in [0, 0.1) is 11.3 Å². The van der Waals surface area contributed by atoms with Crippen molar-refractivity contribution in [2.75, 3.05) is 0 Å². The minimum Gasteiger partial charge on any atom is -0.455 e. The van der Waals surface area contributed by atoms with Gasteiger partial charge in [-0.15, -0.1) is 0 Å². The highest BCUT2D eigenvalue weighted by molar-refractivity contribution is 6.28. The summed E-state index contributed by atoms with van der Waals surface area (Å²) in [6.07, 6.45) is 0. The van der Waals surface area contributed by atoms with E-state index < -0.39 is 0 Å². The van der Waals surface area contributed by atoms with Crippen LogP contribution in [0.3, 0.4) is 0 Å². The average molecular weight is 698 g/mol. The van der Waals surface area contributed by atoms with Gasteiger partial charge >= 0.3 is 0 Å². The van der Waals surface area contributed by atoms with Crippen molar-refractivity contribution in [2.45, 2.75) is 0 Å². The van der Waals surface area contributed by atoms with E-state index in [-0.39, 0.29) is 0 Å². The number of benzene rings is 10. The van der Waals surface area contributed by atoms with E-state index in [1.165, 1.54) is 38.2 Å². The molecular formula is C53H31NO. The van der Waals surface area contributed by atoms with E-state index in [0.717, 1.165) is 71.3 Å². The highest BCUT2D eigenvalue weighted by Gasteiger charge is 2.24. The molecule has 0 fully saturated rings. The van der Waals surface area contributed by atoms with E-state index in [1.54, 1.807) is 0 Å². The first-order chi connectivity index (χ1) is 27.3. The molecule has 0 aliphatic carbocycles. The van der Waals surface area contributed by atoms with Crippen LogP contribution < -0.4 is 0 Å². The molecule has 0 saturated carbocycles. The lowest BCUT2D eigenvalue weighted by Crippen LogP contribution is -1.92. The van der Waals surface area contributed by atoms with Crippen LogP contribution >= 0.6 is 0 Å². The fraction of sp³-hybridized carbons (Fsp3) is 0. The number of nitriles is 1. The number of rotatable bonds is 4. The van der Waals surface area contributed by atoms with Crippen LogP contribution in [0.1, 0.15) is 5.56 Å². The Balaban J connectivity index is 1.24. The van der Waals surface area contributed by atoms with Gasteiger partial charge in [-0.1, -0.05) is 176 Å². The van der Waals surface area contributed by atoms with E-state index in [4.69, 9.17) is 4.42 Å². The molecule has 0 radical (unpaired) electrons. The summed E-state index contributed by atoms with van der Waals surface area (Å²) in [7, 11) is 0. The predicted octanol–water partition coefficient (Wildman–Crippen LogP) is 14.7. The zero-order valence-electron chi connectivity index (χ0n) is 29.8. The van der Waals surface area contributed by atoms with Crippen LogP contribution in [-0.4, -0.2) is 0 Å². The smallest absolute Gasteiger partial charge is 0.143 e. The molecule has 0 aliphatic heterocycles. The maximum Gasteiger partial charge on any atom is 0.143 e. The van der Waals surface area contributed by atoms with Gasteiger partial charge in [-0.25, -0.2) is 0 Å². The molecule has 0 N–H and O–H groups in total. The second-order valence-corrected chi connectivity index (χ2v) is 14.2. The summed E-state index contributed by atoms with van der Waals surface area (Å²) in [4.78, 5) is 0. The Hall–Kier alpha value is -7.47. The summed E-state index contributed by atoms with van der Waals surface area (Å²) in [6, 6.07) is 68.9. The van der Waals surface area contributed by atoms with Gasteiger partial charge in [-0.3, -0.25) is 0 Å². The highest BCUT2D eigenvalue weighted by atomic mass is 16.3. The van der Waals surface area contributed by atoms with Crippen LogP contribution in [-0.2, 0) is 0 Å². The maximum absolute atomic E-state index is 10.2. The fourth-order valence-electron chi connectivity index (χ4n) is 9.09. The van der Waals surface area contributed by atoms with E-state index in [2.05, 4.69) is 176 Å². The van der Waals surface area contributed by atoms with Crippen molar-refractivity contribution in [3.8, 4) is 50.6 Å². The second-order valence-electron chi connectivity index (χ2n) is 14.2. The molecule has 11 aromatic rings. The molecule has 0 bridgehead atoms. The molecular weight excluding hydrogens is 667 g/mol. The molecule has 1 heterocycles. The number of hydrogen-bond acceptors (Lipinski definition) is 2. The normalized spacial score (nSPS) is 11.6. The van der Waals surface area contributed by atoms with Gasteiger partial charge in [0.25, 0.3) is 0 Å². The Bertz CT molecular complexity index is 3270. The molecule has 55 heavy (non-hydrogen) atoms. The molecule has 0 spiro atoms. The molecule has 2 heteroatoms. The van der Waals surface area contributed by atoms with Gasteiger partial charge in [-0.05, 0) is 83.0 Å². The Morgan fingerprint density at radius 1 is 0.327 bits per heavy atom. The van der Waals surface area contributed by atoms with Crippen molar-refractivity contribution >= 4 is 65.0 Å². The molecule has 0 amide bonds. The molecule has 0 aliphatic rings. The van der Waals surface area contributed by atoms with Gasteiger partial charge in [0.1, 0.15) is 11.2 Å². The summed E-state index contributed by atoms with van der Waals surface area (Å²) in [5.41, 5.74) is 11.4. The van der Waals surface area contributed by atoms with Gasteiger partial charge in [0.05, 0.1) is 11.6 Å². The number of nitrogens with zero attached hydrogens (tertiary/aromatic N) is 1. The number of para-hydroxylation sites is 1. The van der Waals surface area contributed by atoms with Crippen molar-refractivity contribution in [1.29, 1.82) is 5.26 Å². The van der Waals surface area contributed by atoms with Crippen molar-refractivity contribution in [3.63, 3.8) is 0 Å². The molecule has 254 valence electrons. The lowest BCUT2D eigenvalue weighted by Gasteiger charge is -2.18. The number of fused-ring (bicyclic) bond motifs is 7. The van der Waals surface area contributed by atoms with Crippen LogP contribution in [0.4, 0.5) is 0 Å². The first-order valence-corrected chi connectivity index (χ1v) is 18.7. The SMILES string of the molecule is N#Cc1ccccc1-c1c2ccccc2c(-c2cccc3c2oc2cccc(-c4c5ccccc5c(-c5ccccc5)c5ccccc45)c23)c2ccccc12. The summed E-state index contributed by atoms with van der Waals surface area (Å²) in [5, 5.41) is 21.7. The molecule has 11 rings (SSSR count). The van der Waals surface area contributed by atoms with Crippen molar-refractivity contribution in [2.24, 2.45) is 0 Å². The molecule has 0 saturated heterocycles.